The summed E-state index contributed by atoms with van der Waals surface area (Å²) in [5, 5.41) is 6.50. The van der Waals surface area contributed by atoms with Crippen LogP contribution < -0.4 is 15.4 Å². The first kappa shape index (κ1) is 22.6. The minimum Gasteiger partial charge on any atom is -0.492 e. The van der Waals surface area contributed by atoms with Crippen LogP contribution in [0.4, 0.5) is 4.39 Å². The maximum atomic E-state index is 13.0. The quantitative estimate of drug-likeness (QED) is 0.447. The third-order valence-corrected chi connectivity index (χ3v) is 4.37. The number of nitrogens with one attached hydrogen (secondary N) is 2. The smallest absolute Gasteiger partial charge is 0.191 e. The second-order valence-corrected chi connectivity index (χ2v) is 6.70. The molecule has 7 heteroatoms. The lowest BCUT2D eigenvalue weighted by Gasteiger charge is -2.16. The van der Waals surface area contributed by atoms with Gasteiger partial charge in [0.15, 0.2) is 5.96 Å². The molecule has 0 saturated heterocycles. The molecular weight excluding hydrogens is 371 g/mol. The maximum absolute atomic E-state index is 13.0. The van der Waals surface area contributed by atoms with E-state index >= 15 is 0 Å². The highest BCUT2D eigenvalue weighted by atomic mass is 19.1. The second kappa shape index (κ2) is 12.7. The normalized spacial score (nSPS) is 11.6. The minimum atomic E-state index is -0.236. The summed E-state index contributed by atoms with van der Waals surface area (Å²) in [4.78, 5) is 6.40. The minimum absolute atomic E-state index is 0.236. The van der Waals surface area contributed by atoms with E-state index in [1.54, 1.807) is 26.3 Å². The second-order valence-electron chi connectivity index (χ2n) is 6.70. The van der Waals surface area contributed by atoms with Gasteiger partial charge in [-0.3, -0.25) is 4.99 Å². The van der Waals surface area contributed by atoms with Crippen molar-refractivity contribution in [3.05, 3.63) is 65.5 Å². The Morgan fingerprint density at radius 2 is 1.69 bits per heavy atom. The van der Waals surface area contributed by atoms with Crippen LogP contribution in [-0.4, -0.2) is 58.4 Å². The van der Waals surface area contributed by atoms with Crippen molar-refractivity contribution in [3.8, 4) is 5.75 Å². The first-order chi connectivity index (χ1) is 14.1. The summed E-state index contributed by atoms with van der Waals surface area (Å²) in [7, 11) is 5.48. The number of rotatable bonds is 11. The van der Waals surface area contributed by atoms with Crippen LogP contribution in [-0.2, 0) is 17.8 Å². The summed E-state index contributed by atoms with van der Waals surface area (Å²) in [6.07, 6.45) is 0. The fourth-order valence-corrected chi connectivity index (χ4v) is 2.62. The summed E-state index contributed by atoms with van der Waals surface area (Å²) >= 11 is 0. The van der Waals surface area contributed by atoms with Gasteiger partial charge < -0.3 is 25.0 Å². The Kier molecular flexibility index (Phi) is 9.95. The molecular formula is C22H31FN4O2. The molecule has 0 aliphatic carbocycles. The zero-order valence-corrected chi connectivity index (χ0v) is 17.5. The van der Waals surface area contributed by atoms with Gasteiger partial charge in [0.25, 0.3) is 0 Å². The first-order valence-corrected chi connectivity index (χ1v) is 9.69. The molecule has 0 fully saturated rings. The van der Waals surface area contributed by atoms with Crippen LogP contribution in [0.25, 0.3) is 0 Å². The number of nitrogens with zero attached hydrogens (tertiary/aromatic N) is 2. The molecule has 0 aliphatic heterocycles. The van der Waals surface area contributed by atoms with Crippen LogP contribution in [0.15, 0.2) is 53.5 Å². The van der Waals surface area contributed by atoms with Crippen molar-refractivity contribution in [1.29, 1.82) is 0 Å². The summed E-state index contributed by atoms with van der Waals surface area (Å²) in [6.45, 7) is 4.25. The van der Waals surface area contributed by atoms with E-state index in [4.69, 9.17) is 9.47 Å². The van der Waals surface area contributed by atoms with Crippen molar-refractivity contribution in [2.24, 2.45) is 4.99 Å². The molecule has 2 N–H and O–H groups in total. The van der Waals surface area contributed by atoms with Crippen molar-refractivity contribution < 1.29 is 13.9 Å². The first-order valence-electron chi connectivity index (χ1n) is 9.69. The Hall–Kier alpha value is -2.64. The monoisotopic (exact) mass is 402 g/mol. The Balaban J connectivity index is 1.75. The van der Waals surface area contributed by atoms with Gasteiger partial charge in [0.1, 0.15) is 18.2 Å². The molecule has 2 aromatic rings. The van der Waals surface area contributed by atoms with Crippen LogP contribution in [0.3, 0.4) is 0 Å². The number of benzene rings is 2. The molecule has 158 valence electrons. The molecule has 0 aliphatic rings. The number of likely N-dealkylation sites (N-methyl/N-ethyl adjacent to an activating group) is 1. The van der Waals surface area contributed by atoms with Gasteiger partial charge in [-0.1, -0.05) is 24.3 Å². The number of methoxy groups -OCH3 is 1. The number of hydrogen-bond acceptors (Lipinski definition) is 4. The lowest BCUT2D eigenvalue weighted by molar-refractivity contribution is 0.150. The highest BCUT2D eigenvalue weighted by Gasteiger charge is 2.03. The zero-order valence-electron chi connectivity index (χ0n) is 17.5. The number of ether oxygens (including phenoxy) is 2. The number of guanidine groups is 1. The van der Waals surface area contributed by atoms with Gasteiger partial charge in [0, 0.05) is 40.3 Å². The highest BCUT2D eigenvalue weighted by molar-refractivity contribution is 5.79. The van der Waals surface area contributed by atoms with Crippen LogP contribution >= 0.6 is 0 Å². The SMILES string of the molecule is CN=C(NCc1ccc(F)cc1)NCc1cccc(OCCN(C)CCOC)c1. The van der Waals surface area contributed by atoms with Crippen molar-refractivity contribution in [2.75, 3.05) is 47.5 Å². The Morgan fingerprint density at radius 3 is 2.38 bits per heavy atom. The molecule has 0 spiro atoms. The Morgan fingerprint density at radius 1 is 1.00 bits per heavy atom. The van der Waals surface area contributed by atoms with Gasteiger partial charge in [-0.05, 0) is 42.4 Å². The van der Waals surface area contributed by atoms with E-state index in [0.717, 1.165) is 30.0 Å². The van der Waals surface area contributed by atoms with Crippen molar-refractivity contribution in [3.63, 3.8) is 0 Å². The third-order valence-electron chi connectivity index (χ3n) is 4.37. The van der Waals surface area contributed by atoms with Crippen molar-refractivity contribution in [1.82, 2.24) is 15.5 Å². The predicted molar refractivity (Wildman–Crippen MR) is 115 cm³/mol. The number of halogens is 1. The number of aliphatic imine (C=N–C) groups is 1. The fourth-order valence-electron chi connectivity index (χ4n) is 2.62. The molecule has 29 heavy (non-hydrogen) atoms. The predicted octanol–water partition coefficient (Wildman–Crippen LogP) is 2.65. The molecule has 0 radical (unpaired) electrons. The van der Waals surface area contributed by atoms with Crippen LogP contribution in [0, 0.1) is 5.82 Å². The van der Waals surface area contributed by atoms with E-state index < -0.39 is 0 Å². The zero-order chi connectivity index (χ0) is 20.9. The average molecular weight is 403 g/mol. The van der Waals surface area contributed by atoms with Gasteiger partial charge in [-0.2, -0.15) is 0 Å². The largest absolute Gasteiger partial charge is 0.492 e. The fraction of sp³-hybridized carbons (Fsp3) is 0.409. The molecule has 2 aromatic carbocycles. The van der Waals surface area contributed by atoms with Crippen LogP contribution in [0.1, 0.15) is 11.1 Å². The van der Waals surface area contributed by atoms with Crippen LogP contribution in [0.2, 0.25) is 0 Å². The van der Waals surface area contributed by atoms with Crippen molar-refractivity contribution >= 4 is 5.96 Å². The lowest BCUT2D eigenvalue weighted by atomic mass is 10.2. The Bertz CT molecular complexity index is 753. The summed E-state index contributed by atoms with van der Waals surface area (Å²) in [5.74, 6) is 1.29. The van der Waals surface area contributed by atoms with E-state index in [9.17, 15) is 4.39 Å². The summed E-state index contributed by atoms with van der Waals surface area (Å²) in [6, 6.07) is 14.4. The average Bonchev–Trinajstić information content (AvgIpc) is 2.74. The molecule has 0 saturated carbocycles. The summed E-state index contributed by atoms with van der Waals surface area (Å²) in [5.41, 5.74) is 2.08. The molecule has 0 atom stereocenters. The third kappa shape index (κ3) is 8.93. The van der Waals surface area contributed by atoms with E-state index in [1.807, 2.05) is 31.3 Å². The van der Waals surface area contributed by atoms with Gasteiger partial charge in [-0.15, -0.1) is 0 Å². The van der Waals surface area contributed by atoms with Gasteiger partial charge in [-0.25, -0.2) is 4.39 Å². The molecule has 6 nitrogen and oxygen atoms in total. The van der Waals surface area contributed by atoms with Crippen LogP contribution in [0.5, 0.6) is 5.75 Å². The standard InChI is InChI=1S/C22H31FN4O2/c1-24-22(25-16-18-7-9-20(23)10-8-18)26-17-19-5-4-6-21(15-19)29-14-12-27(2)11-13-28-3/h4-10,15H,11-14,16-17H2,1-3H3,(H2,24,25,26). The van der Waals surface area contributed by atoms with E-state index in [1.165, 1.54) is 12.1 Å². The Labute approximate surface area is 172 Å². The molecule has 0 aromatic heterocycles. The van der Waals surface area contributed by atoms with E-state index in [2.05, 4.69) is 20.5 Å². The molecule has 2 rings (SSSR count). The molecule has 0 bridgehead atoms. The summed E-state index contributed by atoms with van der Waals surface area (Å²) < 4.78 is 23.9. The number of hydrogen-bond donors (Lipinski definition) is 2. The van der Waals surface area contributed by atoms with Gasteiger partial charge >= 0.3 is 0 Å². The van der Waals surface area contributed by atoms with Crippen molar-refractivity contribution in [2.45, 2.75) is 13.1 Å². The van der Waals surface area contributed by atoms with Gasteiger partial charge in [0.05, 0.1) is 6.61 Å². The molecule has 0 heterocycles. The maximum Gasteiger partial charge on any atom is 0.191 e. The van der Waals surface area contributed by atoms with E-state index in [0.29, 0.717) is 32.3 Å². The lowest BCUT2D eigenvalue weighted by Crippen LogP contribution is -2.36. The topological polar surface area (TPSA) is 58.1 Å². The highest BCUT2D eigenvalue weighted by Crippen LogP contribution is 2.13. The molecule has 0 amide bonds. The van der Waals surface area contributed by atoms with E-state index in [-0.39, 0.29) is 5.82 Å². The molecule has 0 unspecified atom stereocenters. The van der Waals surface area contributed by atoms with Gasteiger partial charge in [0.2, 0.25) is 0 Å².